The van der Waals surface area contributed by atoms with Gasteiger partial charge in [-0.3, -0.25) is 10.1 Å². The van der Waals surface area contributed by atoms with Gasteiger partial charge in [-0.15, -0.1) is 0 Å². The number of hydrogen-bond acceptors (Lipinski definition) is 5. The fourth-order valence-corrected chi connectivity index (χ4v) is 3.85. The number of anilines is 1. The molecule has 36 heavy (non-hydrogen) atoms. The average Bonchev–Trinajstić information content (AvgIpc) is 3.45. The van der Waals surface area contributed by atoms with Crippen molar-refractivity contribution in [3.05, 3.63) is 95.9 Å². The standard InChI is InChI=1S/C29H26N2O5/c1-29(2,3)36-28(33)30-21-9-11-23-19(13-21)15-24(31-23)27(32)26-16-20-14-22(10-12-25(20)35-26)34-17-18-7-5-4-6-8-18/h4-16,31H,17H2,1-3H3,(H,30,33). The molecule has 0 bridgehead atoms. The quantitative estimate of drug-likeness (QED) is 0.252. The maximum absolute atomic E-state index is 13.2. The van der Waals surface area contributed by atoms with Crippen LogP contribution in [0.15, 0.2) is 83.3 Å². The van der Waals surface area contributed by atoms with Gasteiger partial charge in [0.2, 0.25) is 5.78 Å². The van der Waals surface area contributed by atoms with Crippen molar-refractivity contribution >= 4 is 39.4 Å². The predicted molar refractivity (Wildman–Crippen MR) is 139 cm³/mol. The van der Waals surface area contributed by atoms with E-state index in [4.69, 9.17) is 13.9 Å². The molecule has 0 unspecified atom stereocenters. The summed E-state index contributed by atoms with van der Waals surface area (Å²) in [7, 11) is 0. The molecule has 0 spiro atoms. The van der Waals surface area contributed by atoms with Gasteiger partial charge in [0.15, 0.2) is 5.76 Å². The summed E-state index contributed by atoms with van der Waals surface area (Å²) in [5, 5.41) is 4.27. The number of hydrogen-bond donors (Lipinski definition) is 2. The number of nitrogens with one attached hydrogen (secondary N) is 2. The Balaban J connectivity index is 1.32. The lowest BCUT2D eigenvalue weighted by Gasteiger charge is -2.19. The van der Waals surface area contributed by atoms with E-state index in [0.29, 0.717) is 29.3 Å². The molecule has 0 radical (unpaired) electrons. The van der Waals surface area contributed by atoms with Crippen LogP contribution in [0.2, 0.25) is 0 Å². The predicted octanol–water partition coefficient (Wildman–Crippen LogP) is 7.07. The smallest absolute Gasteiger partial charge is 0.412 e. The third-order valence-corrected chi connectivity index (χ3v) is 5.47. The molecule has 0 aliphatic carbocycles. The second-order valence-corrected chi connectivity index (χ2v) is 9.53. The summed E-state index contributed by atoms with van der Waals surface area (Å²) in [4.78, 5) is 28.4. The molecule has 2 N–H and O–H groups in total. The van der Waals surface area contributed by atoms with E-state index in [1.54, 1.807) is 57.2 Å². The Hall–Kier alpha value is -4.52. The van der Waals surface area contributed by atoms with E-state index in [1.165, 1.54) is 0 Å². The van der Waals surface area contributed by atoms with Crippen LogP contribution < -0.4 is 10.1 Å². The SMILES string of the molecule is CC(C)(C)OC(=O)Nc1ccc2[nH]c(C(=O)c3cc4cc(OCc5ccccc5)ccc4o3)cc2c1. The number of rotatable bonds is 6. The summed E-state index contributed by atoms with van der Waals surface area (Å²) < 4.78 is 17.0. The number of furan rings is 1. The second-order valence-electron chi connectivity index (χ2n) is 9.53. The molecule has 0 aliphatic rings. The van der Waals surface area contributed by atoms with E-state index in [0.717, 1.165) is 21.9 Å². The Labute approximate surface area is 208 Å². The molecule has 2 aromatic heterocycles. The van der Waals surface area contributed by atoms with Crippen LogP contribution in [-0.2, 0) is 11.3 Å². The van der Waals surface area contributed by atoms with Crippen molar-refractivity contribution in [2.45, 2.75) is 33.0 Å². The van der Waals surface area contributed by atoms with Gasteiger partial charge in [0.05, 0.1) is 5.69 Å². The van der Waals surface area contributed by atoms with Crippen molar-refractivity contribution in [3.63, 3.8) is 0 Å². The molecule has 182 valence electrons. The Morgan fingerprint density at radius 2 is 1.72 bits per heavy atom. The van der Waals surface area contributed by atoms with Gasteiger partial charge in [-0.05, 0) is 74.9 Å². The van der Waals surface area contributed by atoms with Gasteiger partial charge in [-0.25, -0.2) is 4.79 Å². The van der Waals surface area contributed by atoms with Gasteiger partial charge in [-0.1, -0.05) is 30.3 Å². The number of H-pyrrole nitrogens is 1. The Bertz CT molecular complexity index is 1560. The normalized spacial score (nSPS) is 11.5. The maximum Gasteiger partial charge on any atom is 0.412 e. The largest absolute Gasteiger partial charge is 0.489 e. The number of aromatic amines is 1. The Kier molecular flexibility index (Phi) is 5.98. The van der Waals surface area contributed by atoms with Crippen LogP contribution in [-0.4, -0.2) is 22.5 Å². The number of carbonyl (C=O) groups excluding carboxylic acids is 2. The minimum Gasteiger partial charge on any atom is -0.489 e. The van der Waals surface area contributed by atoms with E-state index in [9.17, 15) is 9.59 Å². The molecule has 0 saturated carbocycles. The van der Waals surface area contributed by atoms with Gasteiger partial charge in [0.1, 0.15) is 23.5 Å². The molecular formula is C29H26N2O5. The summed E-state index contributed by atoms with van der Waals surface area (Å²) in [6.07, 6.45) is -0.539. The van der Waals surface area contributed by atoms with Gasteiger partial charge in [0.25, 0.3) is 0 Å². The molecule has 0 saturated heterocycles. The lowest BCUT2D eigenvalue weighted by atomic mass is 10.2. The molecule has 5 aromatic rings. The van der Waals surface area contributed by atoms with Crippen molar-refractivity contribution in [2.75, 3.05) is 5.32 Å². The summed E-state index contributed by atoms with van der Waals surface area (Å²) in [5.41, 5.74) is 2.80. The molecule has 1 amide bonds. The lowest BCUT2D eigenvalue weighted by molar-refractivity contribution is 0.0635. The van der Waals surface area contributed by atoms with Crippen LogP contribution in [0.4, 0.5) is 10.5 Å². The third kappa shape index (κ3) is 5.25. The van der Waals surface area contributed by atoms with E-state index in [-0.39, 0.29) is 11.5 Å². The first-order valence-electron chi connectivity index (χ1n) is 11.6. The van der Waals surface area contributed by atoms with Crippen molar-refractivity contribution in [1.82, 2.24) is 4.98 Å². The van der Waals surface area contributed by atoms with Crippen molar-refractivity contribution in [2.24, 2.45) is 0 Å². The van der Waals surface area contributed by atoms with Crippen molar-refractivity contribution in [1.29, 1.82) is 0 Å². The molecule has 2 heterocycles. The second kappa shape index (κ2) is 9.26. The first-order chi connectivity index (χ1) is 17.2. The monoisotopic (exact) mass is 482 g/mol. The Morgan fingerprint density at radius 3 is 2.50 bits per heavy atom. The highest BCUT2D eigenvalue weighted by atomic mass is 16.6. The van der Waals surface area contributed by atoms with Gasteiger partial charge in [0, 0.05) is 22.0 Å². The minimum absolute atomic E-state index is 0.226. The number of ether oxygens (including phenoxy) is 2. The first-order valence-corrected chi connectivity index (χ1v) is 11.6. The first kappa shape index (κ1) is 23.2. The molecule has 0 fully saturated rings. The molecule has 0 atom stereocenters. The average molecular weight is 483 g/mol. The zero-order chi connectivity index (χ0) is 25.3. The fourth-order valence-electron chi connectivity index (χ4n) is 3.85. The highest BCUT2D eigenvalue weighted by Gasteiger charge is 2.19. The topological polar surface area (TPSA) is 93.6 Å². The number of fused-ring (bicyclic) bond motifs is 2. The van der Waals surface area contributed by atoms with Gasteiger partial charge < -0.3 is 18.9 Å². The zero-order valence-electron chi connectivity index (χ0n) is 20.3. The van der Waals surface area contributed by atoms with Crippen LogP contribution in [0.3, 0.4) is 0 Å². The molecule has 7 heteroatoms. The summed E-state index contributed by atoms with van der Waals surface area (Å²) in [6.45, 7) is 5.86. The summed E-state index contributed by atoms with van der Waals surface area (Å²) >= 11 is 0. The van der Waals surface area contributed by atoms with E-state index in [1.807, 2.05) is 42.5 Å². The maximum atomic E-state index is 13.2. The van der Waals surface area contributed by atoms with Crippen LogP contribution in [0, 0.1) is 0 Å². The number of aromatic nitrogens is 1. The molecular weight excluding hydrogens is 456 g/mol. The van der Waals surface area contributed by atoms with Gasteiger partial charge >= 0.3 is 6.09 Å². The minimum atomic E-state index is -0.594. The van der Waals surface area contributed by atoms with Crippen LogP contribution in [0.5, 0.6) is 5.75 Å². The zero-order valence-corrected chi connectivity index (χ0v) is 20.3. The van der Waals surface area contributed by atoms with E-state index < -0.39 is 11.7 Å². The van der Waals surface area contributed by atoms with Gasteiger partial charge in [-0.2, -0.15) is 0 Å². The van der Waals surface area contributed by atoms with Crippen LogP contribution in [0.25, 0.3) is 21.9 Å². The molecule has 7 nitrogen and oxygen atoms in total. The molecule has 0 aliphatic heterocycles. The fraction of sp³-hybridized carbons (Fsp3) is 0.172. The van der Waals surface area contributed by atoms with Crippen LogP contribution in [0.1, 0.15) is 42.6 Å². The third-order valence-electron chi connectivity index (χ3n) is 5.47. The van der Waals surface area contributed by atoms with Crippen molar-refractivity contribution in [3.8, 4) is 5.75 Å². The highest BCUT2D eigenvalue weighted by Crippen LogP contribution is 2.28. The lowest BCUT2D eigenvalue weighted by Crippen LogP contribution is -2.27. The van der Waals surface area contributed by atoms with Crippen LogP contribution >= 0.6 is 0 Å². The summed E-state index contributed by atoms with van der Waals surface area (Å²) in [6, 6.07) is 24.2. The summed E-state index contributed by atoms with van der Waals surface area (Å²) in [5.74, 6) is 0.654. The number of ketones is 1. The van der Waals surface area contributed by atoms with Crippen molar-refractivity contribution < 1.29 is 23.5 Å². The molecule has 5 rings (SSSR count). The highest BCUT2D eigenvalue weighted by molar-refractivity contribution is 6.10. The molecule has 3 aromatic carbocycles. The Morgan fingerprint density at radius 1 is 0.917 bits per heavy atom. The number of benzene rings is 3. The van der Waals surface area contributed by atoms with E-state index >= 15 is 0 Å². The number of amides is 1. The van der Waals surface area contributed by atoms with E-state index in [2.05, 4.69) is 10.3 Å². The number of carbonyl (C=O) groups is 2.